The topological polar surface area (TPSA) is 92.5 Å². The van der Waals surface area contributed by atoms with Crippen LogP contribution in [0, 0.1) is 5.21 Å². The van der Waals surface area contributed by atoms with Gasteiger partial charge in [0.05, 0.1) is 0 Å². The van der Waals surface area contributed by atoms with Gasteiger partial charge in [0, 0.05) is 37.7 Å². The first-order chi connectivity index (χ1) is 10.1. The standard InChI is InChI=1S/C15H20N2O4S/c1-15(2,3)17(21)8-10-4-6-11(7-5-10)13(18)16-12(9-22)14(19)20/h4-8,12,22H,9H2,1-3H3,(H,16,18)(H,19,20)/t12-/m0/s1. The van der Waals surface area contributed by atoms with Crippen LogP contribution in [-0.2, 0) is 4.79 Å². The van der Waals surface area contributed by atoms with Gasteiger partial charge >= 0.3 is 5.97 Å². The molecule has 6 nitrogen and oxygen atoms in total. The Bertz CT molecular complexity index is 576. The van der Waals surface area contributed by atoms with Gasteiger partial charge in [0.15, 0.2) is 11.8 Å². The third-order valence-corrected chi connectivity index (χ3v) is 3.25. The second-order valence-corrected chi connectivity index (χ2v) is 6.16. The molecule has 0 aliphatic rings. The molecule has 0 saturated heterocycles. The number of benzene rings is 1. The molecule has 1 rings (SSSR count). The first-order valence-electron chi connectivity index (χ1n) is 6.71. The Kier molecular flexibility index (Phi) is 5.99. The molecule has 2 N–H and O–H groups in total. The van der Waals surface area contributed by atoms with Crippen molar-refractivity contribution < 1.29 is 19.4 Å². The SMILES string of the molecule is CC(C)(C)[N+]([O-])=Cc1ccc(C(=O)N[C@@H](CS)C(=O)O)cc1. The molecule has 0 aliphatic heterocycles. The molecule has 0 spiro atoms. The van der Waals surface area contributed by atoms with Crippen LogP contribution in [0.4, 0.5) is 0 Å². The Hall–Kier alpha value is -2.02. The number of aliphatic carboxylic acids is 1. The number of hydrogen-bond acceptors (Lipinski definition) is 4. The zero-order valence-electron chi connectivity index (χ0n) is 12.7. The average molecular weight is 324 g/mol. The van der Waals surface area contributed by atoms with Crippen LogP contribution in [0.15, 0.2) is 24.3 Å². The van der Waals surface area contributed by atoms with E-state index < -0.39 is 23.5 Å². The Balaban J connectivity index is 2.85. The van der Waals surface area contributed by atoms with Gasteiger partial charge in [0.2, 0.25) is 0 Å². The zero-order chi connectivity index (χ0) is 16.9. The lowest BCUT2D eigenvalue weighted by Crippen LogP contribution is -2.42. The summed E-state index contributed by atoms with van der Waals surface area (Å²) in [6, 6.07) is 5.29. The third kappa shape index (κ3) is 5.07. The summed E-state index contributed by atoms with van der Waals surface area (Å²) in [4.78, 5) is 22.8. The van der Waals surface area contributed by atoms with Crippen LogP contribution in [0.25, 0.3) is 0 Å². The summed E-state index contributed by atoms with van der Waals surface area (Å²) < 4.78 is 0.837. The van der Waals surface area contributed by atoms with E-state index in [1.54, 1.807) is 32.9 Å². The fourth-order valence-corrected chi connectivity index (χ4v) is 1.72. The van der Waals surface area contributed by atoms with Crippen molar-refractivity contribution in [2.45, 2.75) is 32.4 Å². The minimum atomic E-state index is -1.14. The lowest BCUT2D eigenvalue weighted by atomic mass is 10.1. The van der Waals surface area contributed by atoms with Crippen LogP contribution >= 0.6 is 12.6 Å². The van der Waals surface area contributed by atoms with Crippen molar-refractivity contribution in [3.8, 4) is 0 Å². The molecule has 0 aliphatic carbocycles. The normalized spacial score (nSPS) is 13.5. The highest BCUT2D eigenvalue weighted by atomic mass is 32.1. The second-order valence-electron chi connectivity index (χ2n) is 5.79. The molecule has 1 aromatic carbocycles. The highest BCUT2D eigenvalue weighted by Crippen LogP contribution is 2.08. The number of carboxylic acid groups (broad SMARTS) is 1. The van der Waals surface area contributed by atoms with Gasteiger partial charge in [0.1, 0.15) is 6.04 Å². The minimum Gasteiger partial charge on any atom is -0.623 e. The molecule has 1 atom stereocenters. The van der Waals surface area contributed by atoms with E-state index in [-0.39, 0.29) is 5.75 Å². The molecule has 1 amide bonds. The summed E-state index contributed by atoms with van der Waals surface area (Å²) in [6.07, 6.45) is 1.44. The van der Waals surface area contributed by atoms with Gasteiger partial charge in [-0.3, -0.25) is 4.79 Å². The minimum absolute atomic E-state index is 0.00363. The summed E-state index contributed by atoms with van der Waals surface area (Å²) in [5, 5.41) is 23.1. The maximum Gasteiger partial charge on any atom is 0.327 e. The van der Waals surface area contributed by atoms with Gasteiger partial charge in [-0.2, -0.15) is 12.6 Å². The fraction of sp³-hybridized carbons (Fsp3) is 0.400. The van der Waals surface area contributed by atoms with E-state index in [9.17, 15) is 14.8 Å². The number of thiol groups is 1. The molecule has 1 aromatic rings. The van der Waals surface area contributed by atoms with Gasteiger partial charge in [0.25, 0.3) is 5.91 Å². The molecule has 120 valence electrons. The number of rotatable bonds is 5. The van der Waals surface area contributed by atoms with Crippen LogP contribution in [0.1, 0.15) is 36.7 Å². The van der Waals surface area contributed by atoms with Gasteiger partial charge in [-0.05, 0) is 24.3 Å². The molecular formula is C15H20N2O4S. The van der Waals surface area contributed by atoms with E-state index in [2.05, 4.69) is 17.9 Å². The van der Waals surface area contributed by atoms with Crippen LogP contribution in [0.2, 0.25) is 0 Å². The van der Waals surface area contributed by atoms with Crippen LogP contribution in [0.5, 0.6) is 0 Å². The predicted octanol–water partition coefficient (Wildman–Crippen LogP) is 1.53. The van der Waals surface area contributed by atoms with Crippen LogP contribution in [0.3, 0.4) is 0 Å². The van der Waals surface area contributed by atoms with Crippen LogP contribution < -0.4 is 5.32 Å². The lowest BCUT2D eigenvalue weighted by molar-refractivity contribution is -0.530. The third-order valence-electron chi connectivity index (χ3n) is 2.89. The molecular weight excluding hydrogens is 304 g/mol. The highest BCUT2D eigenvalue weighted by Gasteiger charge is 2.20. The molecule has 22 heavy (non-hydrogen) atoms. The number of amides is 1. The lowest BCUT2D eigenvalue weighted by Gasteiger charge is -2.18. The first kappa shape index (κ1) is 18.0. The molecule has 0 saturated carbocycles. The maximum atomic E-state index is 11.9. The van der Waals surface area contributed by atoms with E-state index in [0.29, 0.717) is 11.1 Å². The quantitative estimate of drug-likeness (QED) is 0.252. The van der Waals surface area contributed by atoms with E-state index in [1.807, 2.05) is 0 Å². The summed E-state index contributed by atoms with van der Waals surface area (Å²) in [7, 11) is 0. The zero-order valence-corrected chi connectivity index (χ0v) is 13.6. The smallest absolute Gasteiger partial charge is 0.327 e. The molecule has 0 radical (unpaired) electrons. The van der Waals surface area contributed by atoms with Crippen LogP contribution in [-0.4, -0.2) is 45.3 Å². The summed E-state index contributed by atoms with van der Waals surface area (Å²) in [5.41, 5.74) is 0.431. The molecule has 0 bridgehead atoms. The summed E-state index contributed by atoms with van der Waals surface area (Å²) >= 11 is 3.88. The second kappa shape index (κ2) is 7.31. The highest BCUT2D eigenvalue weighted by molar-refractivity contribution is 7.80. The number of hydrogen-bond donors (Lipinski definition) is 3. The Labute approximate surface area is 134 Å². The van der Waals surface area contributed by atoms with Gasteiger partial charge in [-0.15, -0.1) is 0 Å². The number of hydroxylamine groups is 1. The Morgan fingerprint density at radius 2 is 1.91 bits per heavy atom. The Morgan fingerprint density at radius 1 is 1.36 bits per heavy atom. The van der Waals surface area contributed by atoms with E-state index in [1.165, 1.54) is 18.3 Å². The van der Waals surface area contributed by atoms with E-state index >= 15 is 0 Å². The summed E-state index contributed by atoms with van der Waals surface area (Å²) in [6.45, 7) is 5.38. The monoisotopic (exact) mass is 324 g/mol. The number of nitrogens with zero attached hydrogens (tertiary/aromatic N) is 1. The van der Waals surface area contributed by atoms with Gasteiger partial charge in [-0.25, -0.2) is 9.53 Å². The summed E-state index contributed by atoms with van der Waals surface area (Å²) in [5.74, 6) is -1.63. The van der Waals surface area contributed by atoms with Crippen molar-refractivity contribution in [2.75, 3.05) is 5.75 Å². The molecule has 0 fully saturated rings. The maximum absolute atomic E-state index is 11.9. The molecule has 0 aromatic heterocycles. The van der Waals surface area contributed by atoms with Crippen molar-refractivity contribution in [3.05, 3.63) is 40.6 Å². The number of nitrogens with one attached hydrogen (secondary N) is 1. The Morgan fingerprint density at radius 3 is 2.32 bits per heavy atom. The van der Waals surface area contributed by atoms with Crippen molar-refractivity contribution in [1.82, 2.24) is 5.32 Å². The molecule has 7 heteroatoms. The predicted molar refractivity (Wildman–Crippen MR) is 87.7 cm³/mol. The number of carbonyl (C=O) groups is 2. The van der Waals surface area contributed by atoms with Crippen molar-refractivity contribution in [2.24, 2.45) is 0 Å². The average Bonchev–Trinajstić information content (AvgIpc) is 2.43. The fourth-order valence-electron chi connectivity index (χ4n) is 1.48. The largest absolute Gasteiger partial charge is 0.623 e. The number of carbonyl (C=O) groups excluding carboxylic acids is 1. The van der Waals surface area contributed by atoms with Gasteiger partial charge < -0.3 is 15.6 Å². The van der Waals surface area contributed by atoms with Crippen molar-refractivity contribution >= 4 is 30.7 Å². The van der Waals surface area contributed by atoms with Crippen molar-refractivity contribution in [1.29, 1.82) is 0 Å². The number of carboxylic acids is 1. The van der Waals surface area contributed by atoms with E-state index in [0.717, 1.165) is 4.74 Å². The molecule has 0 unspecified atom stereocenters. The first-order valence-corrected chi connectivity index (χ1v) is 7.34. The van der Waals surface area contributed by atoms with Gasteiger partial charge in [-0.1, -0.05) is 0 Å². The van der Waals surface area contributed by atoms with E-state index in [4.69, 9.17) is 5.11 Å². The molecule has 0 heterocycles. The van der Waals surface area contributed by atoms with Crippen molar-refractivity contribution in [3.63, 3.8) is 0 Å².